The predicted molar refractivity (Wildman–Crippen MR) is 59.5 cm³/mol. The Morgan fingerprint density at radius 3 is 2.93 bits per heavy atom. The van der Waals surface area contributed by atoms with Crippen LogP contribution in [0.1, 0.15) is 39.5 Å². The van der Waals surface area contributed by atoms with Crippen LogP contribution in [0.25, 0.3) is 0 Å². The maximum absolute atomic E-state index is 11.1. The van der Waals surface area contributed by atoms with Crippen molar-refractivity contribution in [1.29, 1.82) is 0 Å². The zero-order valence-electron chi connectivity index (χ0n) is 9.71. The van der Waals surface area contributed by atoms with Crippen LogP contribution in [0, 0.1) is 0 Å². The minimum Gasteiger partial charge on any atom is -0.378 e. The molecule has 1 fully saturated rings. The van der Waals surface area contributed by atoms with E-state index in [9.17, 15) is 4.79 Å². The van der Waals surface area contributed by atoms with Crippen molar-refractivity contribution in [3.63, 3.8) is 0 Å². The van der Waals surface area contributed by atoms with Crippen LogP contribution in [0.4, 0.5) is 0 Å². The first-order chi connectivity index (χ1) is 7.08. The second-order valence-corrected chi connectivity index (χ2v) is 4.49. The molecule has 0 aromatic rings. The van der Waals surface area contributed by atoms with Gasteiger partial charge in [-0.15, -0.1) is 0 Å². The molecule has 3 N–H and O–H groups in total. The van der Waals surface area contributed by atoms with E-state index in [-0.39, 0.29) is 17.6 Å². The van der Waals surface area contributed by atoms with Gasteiger partial charge in [-0.05, 0) is 32.7 Å². The van der Waals surface area contributed by atoms with Crippen molar-refractivity contribution in [3.8, 4) is 0 Å². The molecule has 0 aromatic carbocycles. The number of hydrogen-bond acceptors (Lipinski definition) is 3. The highest BCUT2D eigenvalue weighted by Gasteiger charge is 2.36. The lowest BCUT2D eigenvalue weighted by Gasteiger charge is -2.40. The van der Waals surface area contributed by atoms with Crippen LogP contribution in [-0.4, -0.2) is 30.7 Å². The first-order valence-electron chi connectivity index (χ1n) is 5.73. The molecule has 0 aliphatic carbocycles. The number of rotatable bonds is 5. The molecule has 1 aliphatic rings. The highest BCUT2D eigenvalue weighted by Crippen LogP contribution is 2.27. The maximum atomic E-state index is 11.1. The molecule has 1 heterocycles. The van der Waals surface area contributed by atoms with Gasteiger partial charge in [-0.3, -0.25) is 4.79 Å². The molecule has 2 atom stereocenters. The van der Waals surface area contributed by atoms with Crippen molar-refractivity contribution in [2.24, 2.45) is 5.73 Å². The zero-order valence-corrected chi connectivity index (χ0v) is 9.71. The van der Waals surface area contributed by atoms with Crippen LogP contribution in [0.3, 0.4) is 0 Å². The van der Waals surface area contributed by atoms with Crippen molar-refractivity contribution in [3.05, 3.63) is 0 Å². The SMILES string of the molecule is CCCNC1(CC(N)=O)CCOC(C)C1. The van der Waals surface area contributed by atoms with E-state index >= 15 is 0 Å². The Morgan fingerprint density at radius 2 is 2.40 bits per heavy atom. The normalized spacial score (nSPS) is 31.5. The van der Waals surface area contributed by atoms with Crippen molar-refractivity contribution in [2.45, 2.75) is 51.2 Å². The largest absolute Gasteiger partial charge is 0.378 e. The smallest absolute Gasteiger partial charge is 0.219 e. The van der Waals surface area contributed by atoms with Gasteiger partial charge >= 0.3 is 0 Å². The topological polar surface area (TPSA) is 64.3 Å². The summed E-state index contributed by atoms with van der Waals surface area (Å²) >= 11 is 0. The average Bonchev–Trinajstić information content (AvgIpc) is 2.13. The molecule has 1 amide bonds. The van der Waals surface area contributed by atoms with E-state index in [2.05, 4.69) is 12.2 Å². The number of primary amides is 1. The number of ether oxygens (including phenoxy) is 1. The third kappa shape index (κ3) is 3.80. The van der Waals surface area contributed by atoms with Gasteiger partial charge in [0.25, 0.3) is 0 Å². The molecule has 88 valence electrons. The minimum atomic E-state index is -0.229. The molecule has 1 aliphatic heterocycles. The van der Waals surface area contributed by atoms with Crippen LogP contribution in [-0.2, 0) is 9.53 Å². The van der Waals surface area contributed by atoms with Crippen LogP contribution < -0.4 is 11.1 Å². The molecule has 0 radical (unpaired) electrons. The summed E-state index contributed by atoms with van der Waals surface area (Å²) in [4.78, 5) is 11.1. The van der Waals surface area contributed by atoms with Gasteiger partial charge in [-0.1, -0.05) is 6.92 Å². The van der Waals surface area contributed by atoms with Gasteiger partial charge in [0.2, 0.25) is 5.91 Å². The molecule has 0 saturated carbocycles. The molecule has 15 heavy (non-hydrogen) atoms. The Labute approximate surface area is 91.5 Å². The van der Waals surface area contributed by atoms with Gasteiger partial charge in [-0.2, -0.15) is 0 Å². The van der Waals surface area contributed by atoms with Crippen LogP contribution in [0.5, 0.6) is 0 Å². The molecule has 0 bridgehead atoms. The van der Waals surface area contributed by atoms with Gasteiger partial charge in [0, 0.05) is 18.6 Å². The van der Waals surface area contributed by atoms with Gasteiger partial charge in [0.1, 0.15) is 0 Å². The number of hydrogen-bond donors (Lipinski definition) is 2. The standard InChI is InChI=1S/C11H22N2O2/c1-3-5-13-11(8-10(12)14)4-6-15-9(2)7-11/h9,13H,3-8H2,1-2H3,(H2,12,14). The number of carbonyl (C=O) groups is 1. The second kappa shape index (κ2) is 5.47. The Hall–Kier alpha value is -0.610. The lowest BCUT2D eigenvalue weighted by atomic mass is 9.83. The van der Waals surface area contributed by atoms with Crippen LogP contribution in [0.2, 0.25) is 0 Å². The molecule has 2 unspecified atom stereocenters. The first-order valence-corrected chi connectivity index (χ1v) is 5.73. The molecule has 0 spiro atoms. The van der Waals surface area contributed by atoms with E-state index < -0.39 is 0 Å². The van der Waals surface area contributed by atoms with E-state index in [0.717, 1.165) is 25.8 Å². The van der Waals surface area contributed by atoms with E-state index in [0.29, 0.717) is 13.0 Å². The predicted octanol–water partition coefficient (Wildman–Crippen LogP) is 0.799. The van der Waals surface area contributed by atoms with E-state index in [1.807, 2.05) is 6.92 Å². The Balaban J connectivity index is 2.61. The van der Waals surface area contributed by atoms with Gasteiger partial charge in [0.15, 0.2) is 0 Å². The van der Waals surface area contributed by atoms with Crippen molar-refractivity contribution in [1.82, 2.24) is 5.32 Å². The average molecular weight is 214 g/mol. The quantitative estimate of drug-likeness (QED) is 0.711. The molecule has 1 saturated heterocycles. The highest BCUT2D eigenvalue weighted by atomic mass is 16.5. The third-order valence-corrected chi connectivity index (χ3v) is 2.92. The van der Waals surface area contributed by atoms with E-state index in [4.69, 9.17) is 10.5 Å². The summed E-state index contributed by atoms with van der Waals surface area (Å²) in [6.45, 7) is 5.81. The molecule has 4 nitrogen and oxygen atoms in total. The van der Waals surface area contributed by atoms with Crippen LogP contribution in [0.15, 0.2) is 0 Å². The number of amides is 1. The summed E-state index contributed by atoms with van der Waals surface area (Å²) in [6.07, 6.45) is 3.44. The molecule has 4 heteroatoms. The fourth-order valence-corrected chi connectivity index (χ4v) is 2.27. The first kappa shape index (κ1) is 12.5. The zero-order chi connectivity index (χ0) is 11.3. The van der Waals surface area contributed by atoms with Crippen molar-refractivity contribution >= 4 is 5.91 Å². The Bertz CT molecular complexity index is 221. The fraction of sp³-hybridized carbons (Fsp3) is 0.909. The minimum absolute atomic E-state index is 0.125. The maximum Gasteiger partial charge on any atom is 0.219 e. The summed E-state index contributed by atoms with van der Waals surface area (Å²) in [5.41, 5.74) is 5.18. The van der Waals surface area contributed by atoms with Gasteiger partial charge < -0.3 is 15.8 Å². The fourth-order valence-electron chi connectivity index (χ4n) is 2.27. The number of nitrogens with two attached hydrogens (primary N) is 1. The third-order valence-electron chi connectivity index (χ3n) is 2.92. The summed E-state index contributed by atoms with van der Waals surface area (Å²) in [7, 11) is 0. The monoisotopic (exact) mass is 214 g/mol. The Morgan fingerprint density at radius 1 is 1.67 bits per heavy atom. The van der Waals surface area contributed by atoms with E-state index in [1.54, 1.807) is 0 Å². The molecular formula is C11H22N2O2. The summed E-state index contributed by atoms with van der Waals surface area (Å²) in [5, 5.41) is 3.47. The van der Waals surface area contributed by atoms with Crippen LogP contribution >= 0.6 is 0 Å². The van der Waals surface area contributed by atoms with Crippen molar-refractivity contribution < 1.29 is 9.53 Å². The molecule has 1 rings (SSSR count). The van der Waals surface area contributed by atoms with Gasteiger partial charge in [0.05, 0.1) is 6.10 Å². The second-order valence-electron chi connectivity index (χ2n) is 4.49. The Kier molecular flexibility index (Phi) is 4.54. The van der Waals surface area contributed by atoms with Gasteiger partial charge in [-0.25, -0.2) is 0 Å². The summed E-state index contributed by atoms with van der Waals surface area (Å²) in [6, 6.07) is 0. The lowest BCUT2D eigenvalue weighted by Crippen LogP contribution is -2.53. The summed E-state index contributed by atoms with van der Waals surface area (Å²) < 4.78 is 5.50. The van der Waals surface area contributed by atoms with E-state index in [1.165, 1.54) is 0 Å². The molecular weight excluding hydrogens is 192 g/mol. The summed E-state index contributed by atoms with van der Waals surface area (Å²) in [5.74, 6) is -0.229. The lowest BCUT2D eigenvalue weighted by molar-refractivity contribution is -0.121. The number of carbonyl (C=O) groups excluding carboxylic acids is 1. The van der Waals surface area contributed by atoms with Crippen molar-refractivity contribution in [2.75, 3.05) is 13.2 Å². The number of nitrogens with one attached hydrogen (secondary N) is 1. The molecule has 0 aromatic heterocycles. The highest BCUT2D eigenvalue weighted by molar-refractivity contribution is 5.75.